The van der Waals surface area contributed by atoms with Crippen molar-refractivity contribution < 1.29 is 9.84 Å². The Kier molecular flexibility index (Phi) is 4.29. The van der Waals surface area contributed by atoms with Gasteiger partial charge >= 0.3 is 0 Å². The number of hydrogen-bond donors (Lipinski definition) is 1. The number of thiophene rings is 1. The van der Waals surface area contributed by atoms with E-state index in [0.29, 0.717) is 13.2 Å². The molecular formula is C9H14O2S. The first kappa shape index (κ1) is 9.71. The highest BCUT2D eigenvalue weighted by atomic mass is 32.1. The average molecular weight is 186 g/mol. The monoisotopic (exact) mass is 186 g/mol. The summed E-state index contributed by atoms with van der Waals surface area (Å²) in [4.78, 5) is 1.35. The molecule has 0 amide bonds. The molecule has 0 bridgehead atoms. The Hall–Kier alpha value is -0.380. The molecule has 0 saturated carbocycles. The highest BCUT2D eigenvalue weighted by molar-refractivity contribution is 7.10. The van der Waals surface area contributed by atoms with Crippen molar-refractivity contribution in [3.8, 4) is 0 Å². The molecule has 68 valence electrons. The Bertz CT molecular complexity index is 220. The van der Waals surface area contributed by atoms with E-state index in [0.717, 1.165) is 6.42 Å². The van der Waals surface area contributed by atoms with Gasteiger partial charge in [0.25, 0.3) is 0 Å². The third-order valence-corrected chi connectivity index (χ3v) is 2.63. The molecule has 0 atom stereocenters. The van der Waals surface area contributed by atoms with Crippen LogP contribution in [0.5, 0.6) is 0 Å². The van der Waals surface area contributed by atoms with Crippen molar-refractivity contribution in [2.24, 2.45) is 0 Å². The van der Waals surface area contributed by atoms with E-state index in [1.807, 2.05) is 0 Å². The Balaban J connectivity index is 2.15. The Morgan fingerprint density at radius 2 is 2.33 bits per heavy atom. The highest BCUT2D eigenvalue weighted by Gasteiger charge is 1.95. The molecule has 12 heavy (non-hydrogen) atoms. The average Bonchev–Trinajstić information content (AvgIpc) is 2.45. The SMILES string of the molecule is Cc1csc(CCOCCO)c1. The number of aryl methyl sites for hydroxylation is 1. The van der Waals surface area contributed by atoms with Gasteiger partial charge in [0, 0.05) is 11.3 Å². The maximum Gasteiger partial charge on any atom is 0.0697 e. The van der Waals surface area contributed by atoms with Crippen LogP contribution in [0.4, 0.5) is 0 Å². The number of aliphatic hydroxyl groups is 1. The van der Waals surface area contributed by atoms with Crippen LogP contribution in [0.15, 0.2) is 11.4 Å². The third-order valence-electron chi connectivity index (χ3n) is 1.51. The predicted molar refractivity (Wildman–Crippen MR) is 50.7 cm³/mol. The van der Waals surface area contributed by atoms with Gasteiger partial charge in [0.1, 0.15) is 0 Å². The van der Waals surface area contributed by atoms with Crippen molar-refractivity contribution in [2.45, 2.75) is 13.3 Å². The molecule has 0 aliphatic rings. The zero-order chi connectivity index (χ0) is 8.81. The van der Waals surface area contributed by atoms with E-state index >= 15 is 0 Å². The van der Waals surface area contributed by atoms with Gasteiger partial charge in [-0.1, -0.05) is 0 Å². The van der Waals surface area contributed by atoms with Crippen LogP contribution < -0.4 is 0 Å². The van der Waals surface area contributed by atoms with Gasteiger partial charge < -0.3 is 9.84 Å². The molecule has 0 fully saturated rings. The molecule has 0 aliphatic heterocycles. The molecule has 0 unspecified atom stereocenters. The van der Waals surface area contributed by atoms with Gasteiger partial charge in [0.15, 0.2) is 0 Å². The topological polar surface area (TPSA) is 29.5 Å². The summed E-state index contributed by atoms with van der Waals surface area (Å²) >= 11 is 1.77. The summed E-state index contributed by atoms with van der Waals surface area (Å²) in [6, 6.07) is 2.17. The summed E-state index contributed by atoms with van der Waals surface area (Å²) in [5, 5.41) is 10.6. The van der Waals surface area contributed by atoms with Crippen molar-refractivity contribution in [1.29, 1.82) is 0 Å². The summed E-state index contributed by atoms with van der Waals surface area (Å²) in [6.45, 7) is 3.36. The van der Waals surface area contributed by atoms with Crippen LogP contribution in [0.2, 0.25) is 0 Å². The van der Waals surface area contributed by atoms with Gasteiger partial charge in [-0.3, -0.25) is 0 Å². The predicted octanol–water partition coefficient (Wildman–Crippen LogP) is 1.61. The maximum absolute atomic E-state index is 8.45. The summed E-state index contributed by atoms with van der Waals surface area (Å²) in [6.07, 6.45) is 0.957. The Morgan fingerprint density at radius 1 is 1.50 bits per heavy atom. The molecular weight excluding hydrogens is 172 g/mol. The van der Waals surface area contributed by atoms with Crippen LogP contribution >= 0.6 is 11.3 Å². The molecule has 1 N–H and O–H groups in total. The summed E-state index contributed by atoms with van der Waals surface area (Å²) in [5.74, 6) is 0. The second kappa shape index (κ2) is 5.30. The van der Waals surface area contributed by atoms with E-state index in [2.05, 4.69) is 18.4 Å². The fraction of sp³-hybridized carbons (Fsp3) is 0.556. The number of hydrogen-bond acceptors (Lipinski definition) is 3. The Labute approximate surface area is 76.8 Å². The first-order chi connectivity index (χ1) is 5.83. The minimum absolute atomic E-state index is 0.115. The van der Waals surface area contributed by atoms with Gasteiger partial charge in [0.05, 0.1) is 19.8 Å². The molecule has 3 heteroatoms. The molecule has 0 aromatic carbocycles. The molecule has 1 aromatic rings. The molecule has 0 radical (unpaired) electrons. The summed E-state index contributed by atoms with van der Waals surface area (Å²) in [5.41, 5.74) is 1.32. The van der Waals surface area contributed by atoms with Gasteiger partial charge in [-0.25, -0.2) is 0 Å². The fourth-order valence-corrected chi connectivity index (χ4v) is 1.82. The lowest BCUT2D eigenvalue weighted by Gasteiger charge is -1.98. The molecule has 2 nitrogen and oxygen atoms in total. The van der Waals surface area contributed by atoms with Crippen molar-refractivity contribution in [1.82, 2.24) is 0 Å². The lowest BCUT2D eigenvalue weighted by atomic mass is 10.3. The molecule has 1 aromatic heterocycles. The molecule has 0 spiro atoms. The normalized spacial score (nSPS) is 10.5. The Morgan fingerprint density at radius 3 is 2.92 bits per heavy atom. The zero-order valence-corrected chi connectivity index (χ0v) is 8.06. The number of ether oxygens (including phenoxy) is 1. The zero-order valence-electron chi connectivity index (χ0n) is 7.25. The van der Waals surface area contributed by atoms with Crippen LogP contribution in [0.1, 0.15) is 10.4 Å². The highest BCUT2D eigenvalue weighted by Crippen LogP contribution is 2.13. The molecule has 0 aliphatic carbocycles. The molecule has 0 saturated heterocycles. The van der Waals surface area contributed by atoms with Crippen molar-refractivity contribution in [3.05, 3.63) is 21.9 Å². The number of aliphatic hydroxyl groups excluding tert-OH is 1. The third kappa shape index (κ3) is 3.34. The van der Waals surface area contributed by atoms with Crippen LogP contribution in [-0.2, 0) is 11.2 Å². The summed E-state index contributed by atoms with van der Waals surface area (Å²) < 4.78 is 5.15. The van der Waals surface area contributed by atoms with E-state index in [-0.39, 0.29) is 6.61 Å². The first-order valence-electron chi connectivity index (χ1n) is 4.05. The molecule has 1 rings (SSSR count). The minimum Gasteiger partial charge on any atom is -0.394 e. The second-order valence-corrected chi connectivity index (χ2v) is 3.67. The minimum atomic E-state index is 0.115. The largest absolute Gasteiger partial charge is 0.394 e. The summed E-state index contributed by atoms with van der Waals surface area (Å²) in [7, 11) is 0. The standard InChI is InChI=1S/C9H14O2S/c1-8-6-9(12-7-8)2-4-11-5-3-10/h6-7,10H,2-5H2,1H3. The maximum atomic E-state index is 8.45. The lowest BCUT2D eigenvalue weighted by Crippen LogP contribution is -2.02. The smallest absolute Gasteiger partial charge is 0.0697 e. The van der Waals surface area contributed by atoms with E-state index < -0.39 is 0 Å². The van der Waals surface area contributed by atoms with Crippen molar-refractivity contribution >= 4 is 11.3 Å². The van der Waals surface area contributed by atoms with Crippen molar-refractivity contribution in [3.63, 3.8) is 0 Å². The fourth-order valence-electron chi connectivity index (χ4n) is 0.961. The lowest BCUT2D eigenvalue weighted by molar-refractivity contribution is 0.0947. The van der Waals surface area contributed by atoms with Gasteiger partial charge in [-0.2, -0.15) is 0 Å². The second-order valence-electron chi connectivity index (χ2n) is 2.68. The quantitative estimate of drug-likeness (QED) is 0.708. The van der Waals surface area contributed by atoms with Gasteiger partial charge in [-0.15, -0.1) is 11.3 Å². The first-order valence-corrected chi connectivity index (χ1v) is 4.93. The van der Waals surface area contributed by atoms with E-state index in [9.17, 15) is 0 Å². The van der Waals surface area contributed by atoms with Crippen LogP contribution in [0.25, 0.3) is 0 Å². The van der Waals surface area contributed by atoms with Gasteiger partial charge in [-0.05, 0) is 23.9 Å². The van der Waals surface area contributed by atoms with E-state index in [1.54, 1.807) is 11.3 Å². The van der Waals surface area contributed by atoms with Crippen LogP contribution in [0.3, 0.4) is 0 Å². The van der Waals surface area contributed by atoms with Crippen molar-refractivity contribution in [2.75, 3.05) is 19.8 Å². The van der Waals surface area contributed by atoms with Gasteiger partial charge in [0.2, 0.25) is 0 Å². The van der Waals surface area contributed by atoms with Crippen LogP contribution in [0, 0.1) is 6.92 Å². The van der Waals surface area contributed by atoms with E-state index in [1.165, 1.54) is 10.4 Å². The molecule has 1 heterocycles. The van der Waals surface area contributed by atoms with E-state index in [4.69, 9.17) is 9.84 Å². The van der Waals surface area contributed by atoms with Crippen LogP contribution in [-0.4, -0.2) is 24.9 Å². The number of rotatable bonds is 5.